The van der Waals surface area contributed by atoms with E-state index in [1.807, 2.05) is 0 Å². The van der Waals surface area contributed by atoms with E-state index in [1.165, 1.54) is 30.0 Å². The first kappa shape index (κ1) is 18.7. The zero-order valence-corrected chi connectivity index (χ0v) is 13.4. The lowest BCUT2D eigenvalue weighted by atomic mass is 10.2. The summed E-state index contributed by atoms with van der Waals surface area (Å²) >= 11 is 1.54. The molecule has 0 aliphatic heterocycles. The number of hydrogen-bond acceptors (Lipinski definition) is 3. The minimum Gasteiger partial charge on any atom is -0.405 e. The molecule has 1 amide bonds. The summed E-state index contributed by atoms with van der Waals surface area (Å²) in [6, 6.07) is 5.78. The lowest BCUT2D eigenvalue weighted by molar-refractivity contribution is -0.274. The van der Waals surface area contributed by atoms with Gasteiger partial charge in [-0.05, 0) is 25.2 Å². The topological polar surface area (TPSA) is 38.3 Å². The van der Waals surface area contributed by atoms with Gasteiger partial charge in [0, 0.05) is 12.1 Å². The van der Waals surface area contributed by atoms with E-state index < -0.39 is 6.36 Å². The van der Waals surface area contributed by atoms with Crippen molar-refractivity contribution in [1.29, 1.82) is 0 Å². The summed E-state index contributed by atoms with van der Waals surface area (Å²) < 4.78 is 40.9. The van der Waals surface area contributed by atoms with Gasteiger partial charge in [0.15, 0.2) is 0 Å². The molecule has 1 N–H and O–H groups in total. The maximum Gasteiger partial charge on any atom is 0.573 e. The highest BCUT2D eigenvalue weighted by Crippen LogP contribution is 2.26. The monoisotopic (exact) mass is 335 g/mol. The number of ether oxygens (including phenoxy) is 1. The van der Waals surface area contributed by atoms with Gasteiger partial charge in [-0.1, -0.05) is 31.5 Å². The fraction of sp³-hybridized carbons (Fsp3) is 0.533. The molecule has 1 atom stereocenters. The number of hydrogen-bond donors (Lipinski definition) is 1. The lowest BCUT2D eigenvalue weighted by Crippen LogP contribution is -2.31. The average Bonchev–Trinajstić information content (AvgIpc) is 2.44. The van der Waals surface area contributed by atoms with E-state index in [-0.39, 0.29) is 23.5 Å². The van der Waals surface area contributed by atoms with Crippen molar-refractivity contribution in [2.24, 2.45) is 0 Å². The summed E-state index contributed by atoms with van der Waals surface area (Å²) in [5.74, 6) is 0.406. The third-order valence-corrected chi connectivity index (χ3v) is 4.12. The number of halogens is 3. The molecule has 1 aromatic carbocycles. The Morgan fingerprint density at radius 2 is 2.05 bits per heavy atom. The Morgan fingerprint density at radius 3 is 2.68 bits per heavy atom. The number of carbonyl (C=O) groups excluding carboxylic acids is 1. The molecule has 0 aromatic heterocycles. The van der Waals surface area contributed by atoms with Crippen molar-refractivity contribution < 1.29 is 22.7 Å². The standard InChI is InChI=1S/C15H20F3NO2S/c1-3-4-9-22-11(2)14(20)19-10-12-7-5-6-8-13(12)21-15(16,17)18/h5-8,11H,3-4,9-10H2,1-2H3,(H,19,20). The molecule has 0 saturated carbocycles. The van der Waals surface area contributed by atoms with E-state index in [9.17, 15) is 18.0 Å². The molecule has 1 unspecified atom stereocenters. The summed E-state index contributed by atoms with van der Waals surface area (Å²) in [6.07, 6.45) is -2.66. The van der Waals surface area contributed by atoms with E-state index >= 15 is 0 Å². The molecule has 124 valence electrons. The maximum atomic E-state index is 12.3. The molecule has 22 heavy (non-hydrogen) atoms. The van der Waals surface area contributed by atoms with Crippen LogP contribution >= 0.6 is 11.8 Å². The Bertz CT molecular complexity index is 480. The molecular formula is C15H20F3NO2S. The van der Waals surface area contributed by atoms with Crippen molar-refractivity contribution in [2.45, 2.75) is 44.8 Å². The van der Waals surface area contributed by atoms with Crippen molar-refractivity contribution >= 4 is 17.7 Å². The van der Waals surface area contributed by atoms with Crippen LogP contribution in [0.15, 0.2) is 24.3 Å². The molecule has 3 nitrogen and oxygen atoms in total. The first-order chi connectivity index (χ1) is 10.3. The molecule has 0 radical (unpaired) electrons. The molecule has 7 heteroatoms. The van der Waals surface area contributed by atoms with Crippen molar-refractivity contribution in [3.63, 3.8) is 0 Å². The summed E-state index contributed by atoms with van der Waals surface area (Å²) in [5.41, 5.74) is 0.291. The van der Waals surface area contributed by atoms with Gasteiger partial charge in [0.2, 0.25) is 5.91 Å². The number of benzene rings is 1. The van der Waals surface area contributed by atoms with Gasteiger partial charge in [0.1, 0.15) is 5.75 Å². The lowest BCUT2D eigenvalue weighted by Gasteiger charge is -2.15. The highest BCUT2D eigenvalue weighted by Gasteiger charge is 2.32. The zero-order valence-electron chi connectivity index (χ0n) is 12.6. The van der Waals surface area contributed by atoms with Crippen molar-refractivity contribution in [3.05, 3.63) is 29.8 Å². The minimum atomic E-state index is -4.75. The number of para-hydroxylation sites is 1. The number of unbranched alkanes of at least 4 members (excludes halogenated alkanes) is 1. The van der Waals surface area contributed by atoms with Gasteiger partial charge in [-0.15, -0.1) is 24.9 Å². The summed E-state index contributed by atoms with van der Waals surface area (Å²) in [4.78, 5) is 11.9. The van der Waals surface area contributed by atoms with Gasteiger partial charge in [0.25, 0.3) is 0 Å². The molecule has 0 bridgehead atoms. The Kier molecular flexibility index (Phi) is 7.58. The number of alkyl halides is 3. The zero-order chi connectivity index (χ0) is 16.6. The number of nitrogens with one attached hydrogen (secondary N) is 1. The van der Waals surface area contributed by atoms with Crippen LogP contribution in [0.1, 0.15) is 32.3 Å². The van der Waals surface area contributed by atoms with Gasteiger partial charge in [-0.25, -0.2) is 0 Å². The van der Waals surface area contributed by atoms with Gasteiger partial charge in [-0.2, -0.15) is 0 Å². The van der Waals surface area contributed by atoms with Crippen LogP contribution in [-0.4, -0.2) is 23.3 Å². The van der Waals surface area contributed by atoms with Crippen LogP contribution in [0.3, 0.4) is 0 Å². The molecule has 0 spiro atoms. The average molecular weight is 335 g/mol. The van der Waals surface area contributed by atoms with Crippen LogP contribution in [-0.2, 0) is 11.3 Å². The molecule has 1 aromatic rings. The molecule has 1 rings (SSSR count). The predicted octanol–water partition coefficient (Wildman–Crippen LogP) is 4.12. The number of amides is 1. The second kappa shape index (κ2) is 8.92. The van der Waals surface area contributed by atoms with Crippen molar-refractivity contribution in [1.82, 2.24) is 5.32 Å². The third kappa shape index (κ3) is 7.06. The highest BCUT2D eigenvalue weighted by molar-refractivity contribution is 8.00. The first-order valence-corrected chi connectivity index (χ1v) is 8.11. The van der Waals surface area contributed by atoms with E-state index in [1.54, 1.807) is 13.0 Å². The van der Waals surface area contributed by atoms with Crippen LogP contribution < -0.4 is 10.1 Å². The molecule has 0 aliphatic carbocycles. The third-order valence-electron chi connectivity index (χ3n) is 2.89. The number of carbonyl (C=O) groups is 1. The van der Waals surface area contributed by atoms with Crippen LogP contribution in [0, 0.1) is 0 Å². The van der Waals surface area contributed by atoms with E-state index in [4.69, 9.17) is 0 Å². The van der Waals surface area contributed by atoms with Crippen LogP contribution in [0.4, 0.5) is 13.2 Å². The minimum absolute atomic E-state index is 0.00373. The molecule has 0 fully saturated rings. The SMILES string of the molecule is CCCCSC(C)C(=O)NCc1ccccc1OC(F)(F)F. The van der Waals surface area contributed by atoms with E-state index in [0.717, 1.165) is 18.6 Å². The Hall–Kier alpha value is -1.37. The highest BCUT2D eigenvalue weighted by atomic mass is 32.2. The van der Waals surface area contributed by atoms with Crippen LogP contribution in [0.25, 0.3) is 0 Å². The number of thioether (sulfide) groups is 1. The fourth-order valence-electron chi connectivity index (χ4n) is 1.68. The molecule has 0 heterocycles. The van der Waals surface area contributed by atoms with Gasteiger partial charge >= 0.3 is 6.36 Å². The molecule has 0 saturated heterocycles. The second-order valence-corrected chi connectivity index (χ2v) is 6.19. The van der Waals surface area contributed by atoms with Crippen molar-refractivity contribution in [3.8, 4) is 5.75 Å². The Morgan fingerprint density at radius 1 is 1.36 bits per heavy atom. The smallest absolute Gasteiger partial charge is 0.405 e. The Balaban J connectivity index is 2.55. The van der Waals surface area contributed by atoms with E-state index in [2.05, 4.69) is 17.0 Å². The molecular weight excluding hydrogens is 315 g/mol. The van der Waals surface area contributed by atoms with E-state index in [0.29, 0.717) is 5.56 Å². The molecule has 0 aliphatic rings. The fourth-order valence-corrected chi connectivity index (χ4v) is 2.72. The van der Waals surface area contributed by atoms with Gasteiger partial charge in [-0.3, -0.25) is 4.79 Å². The summed E-state index contributed by atoms with van der Waals surface area (Å²) in [6.45, 7) is 3.86. The normalized spacial score (nSPS) is 12.8. The predicted molar refractivity (Wildman–Crippen MR) is 81.8 cm³/mol. The van der Waals surface area contributed by atoms with Gasteiger partial charge < -0.3 is 10.1 Å². The maximum absolute atomic E-state index is 12.3. The first-order valence-electron chi connectivity index (χ1n) is 7.06. The van der Waals surface area contributed by atoms with Crippen LogP contribution in [0.5, 0.6) is 5.75 Å². The summed E-state index contributed by atoms with van der Waals surface area (Å²) in [7, 11) is 0. The van der Waals surface area contributed by atoms with Crippen LogP contribution in [0.2, 0.25) is 0 Å². The quantitative estimate of drug-likeness (QED) is 0.726. The van der Waals surface area contributed by atoms with Gasteiger partial charge in [0.05, 0.1) is 5.25 Å². The largest absolute Gasteiger partial charge is 0.573 e. The Labute approximate surface area is 132 Å². The van der Waals surface area contributed by atoms with Crippen molar-refractivity contribution in [2.75, 3.05) is 5.75 Å². The second-order valence-electron chi connectivity index (χ2n) is 4.74. The number of rotatable bonds is 8. The summed E-state index contributed by atoms with van der Waals surface area (Å²) in [5, 5.41) is 2.41.